The molecule has 2 aliphatic heterocycles. The van der Waals surface area contributed by atoms with Crippen LogP contribution < -0.4 is 5.32 Å². The Morgan fingerprint density at radius 1 is 0.792 bits per heavy atom. The van der Waals surface area contributed by atoms with Crippen LogP contribution in [0.4, 0.5) is 0 Å². The van der Waals surface area contributed by atoms with Crippen molar-refractivity contribution in [1.29, 1.82) is 0 Å². The molecule has 53 heavy (non-hydrogen) atoms. The summed E-state index contributed by atoms with van der Waals surface area (Å²) in [4.78, 5) is 38.3. The molecule has 280 valence electrons. The molecule has 13 heteroatoms. The van der Waals surface area contributed by atoms with Crippen molar-refractivity contribution in [3.05, 3.63) is 115 Å². The minimum Gasteiger partial charge on any atom is -0.478 e. The number of carboxylic acids is 1. The third-order valence-corrected chi connectivity index (χ3v) is 12.1. The van der Waals surface area contributed by atoms with Gasteiger partial charge in [0.25, 0.3) is 5.91 Å². The van der Waals surface area contributed by atoms with E-state index in [1.807, 2.05) is 29.3 Å². The maximum absolute atomic E-state index is 13.2. The predicted molar refractivity (Wildman–Crippen MR) is 220 cm³/mol. The van der Waals surface area contributed by atoms with Crippen molar-refractivity contribution in [3.8, 4) is 0 Å². The van der Waals surface area contributed by atoms with Crippen LogP contribution in [0.2, 0.25) is 10.0 Å². The molecule has 2 fully saturated rings. The highest BCUT2D eigenvalue weighted by molar-refractivity contribution is 7.09. The zero-order chi connectivity index (χ0) is 37.6. The first-order chi connectivity index (χ1) is 25.5. The molecule has 8 rings (SSSR count). The maximum atomic E-state index is 13.2. The number of thiophene rings is 2. The molecule has 6 heterocycles. The number of nitrogens with one attached hydrogen (secondary N) is 3. The van der Waals surface area contributed by atoms with Crippen molar-refractivity contribution < 1.29 is 14.7 Å². The summed E-state index contributed by atoms with van der Waals surface area (Å²) in [5.41, 5.74) is 3.97. The Bertz CT molecular complexity index is 2120. The van der Waals surface area contributed by atoms with Gasteiger partial charge in [-0.15, -0.1) is 11.3 Å². The van der Waals surface area contributed by atoms with Crippen LogP contribution in [0.5, 0.6) is 0 Å². The number of nitrogens with zero attached hydrogens (tertiary/aromatic N) is 3. The maximum Gasteiger partial charge on any atom is 0.337 e. The first kappa shape index (κ1) is 39.0. The molecule has 4 atom stereocenters. The number of halogens is 2. The molecule has 2 aliphatic rings. The highest BCUT2D eigenvalue weighted by Gasteiger charge is 2.33. The van der Waals surface area contributed by atoms with E-state index < -0.39 is 5.97 Å². The fourth-order valence-electron chi connectivity index (χ4n) is 6.87. The van der Waals surface area contributed by atoms with Crippen LogP contribution in [-0.2, 0) is 13.1 Å². The Morgan fingerprint density at radius 3 is 2.08 bits per heavy atom. The molecular weight excluding hydrogens is 748 g/mol. The lowest BCUT2D eigenvalue weighted by molar-refractivity contribution is 0.0294. The number of piperazine rings is 2. The first-order valence-corrected chi connectivity index (χ1v) is 20.4. The molecule has 2 aromatic carbocycles. The van der Waals surface area contributed by atoms with Gasteiger partial charge < -0.3 is 25.3 Å². The average Bonchev–Trinajstić information content (AvgIpc) is 3.97. The SMILES string of the molecule is C[C@@H]1CN(Cc2cccs2)[C@@H](C)CN1C(=O)c1cc2cc[nH]c2cc1Cl.C[C@@H]1CN(Cc2ccsc2)[C@@H](C)CN1.O=C(O)c1cc2cc[nH]c2cc1Cl. The third-order valence-electron chi connectivity index (χ3n) is 9.92. The van der Waals surface area contributed by atoms with Crippen LogP contribution in [0.25, 0.3) is 21.8 Å². The zero-order valence-electron chi connectivity index (χ0n) is 30.3. The Kier molecular flexibility index (Phi) is 13.0. The van der Waals surface area contributed by atoms with Gasteiger partial charge in [-0.05, 0) is 97.9 Å². The first-order valence-electron chi connectivity index (χ1n) is 17.8. The fraction of sp³-hybridized carbons (Fsp3) is 0.350. The van der Waals surface area contributed by atoms with E-state index in [2.05, 4.69) is 87.1 Å². The van der Waals surface area contributed by atoms with E-state index in [4.69, 9.17) is 28.3 Å². The Morgan fingerprint density at radius 2 is 1.45 bits per heavy atom. The summed E-state index contributed by atoms with van der Waals surface area (Å²) in [6, 6.07) is 18.9. The standard InChI is InChI=1S/C20H22ClN3OS.C11H18N2S.C9H6ClNO2/c1-13-11-24(14(2)10-23(13)12-16-4-3-7-26-16)20(25)17-8-15-5-6-22-19(15)9-18(17)21;1-9-6-13(10(2)5-12-9)7-11-3-4-14-8-11;10-7-4-8-5(1-2-11-8)3-6(7)9(12)13/h3-9,13-14,22H,10-12H2,1-2H3;3-4,8-10,12H,5-7H2,1-2H3;1-4,11H,(H,12,13)/t13-,14+;9-,10+;/m01./s1. The number of carboxylic acid groups (broad SMARTS) is 1. The summed E-state index contributed by atoms with van der Waals surface area (Å²) in [5, 5.41) is 21.4. The van der Waals surface area contributed by atoms with Crippen molar-refractivity contribution in [3.63, 3.8) is 0 Å². The third kappa shape index (κ3) is 9.71. The molecule has 1 amide bonds. The molecule has 0 radical (unpaired) electrons. The van der Waals surface area contributed by atoms with E-state index in [0.717, 1.165) is 54.5 Å². The van der Waals surface area contributed by atoms with Crippen LogP contribution in [0.15, 0.2) is 83.1 Å². The van der Waals surface area contributed by atoms with Gasteiger partial charge >= 0.3 is 5.97 Å². The zero-order valence-corrected chi connectivity index (χ0v) is 33.5. The molecular formula is C40H46Cl2N6O3S2. The molecule has 6 aromatic rings. The van der Waals surface area contributed by atoms with Crippen LogP contribution in [0.3, 0.4) is 0 Å². The highest BCUT2D eigenvalue weighted by atomic mass is 35.5. The lowest BCUT2D eigenvalue weighted by Crippen LogP contribution is -2.57. The monoisotopic (exact) mass is 792 g/mol. The summed E-state index contributed by atoms with van der Waals surface area (Å²) in [6.45, 7) is 14.8. The van der Waals surface area contributed by atoms with Gasteiger partial charge in [-0.25, -0.2) is 4.79 Å². The van der Waals surface area contributed by atoms with Crippen LogP contribution in [0, 0.1) is 0 Å². The van der Waals surface area contributed by atoms with Crippen LogP contribution >= 0.6 is 45.9 Å². The summed E-state index contributed by atoms with van der Waals surface area (Å²) in [5.74, 6) is -0.985. The van der Waals surface area contributed by atoms with Gasteiger partial charge in [0.2, 0.25) is 0 Å². The molecule has 0 bridgehead atoms. The van der Waals surface area contributed by atoms with E-state index in [0.29, 0.717) is 35.3 Å². The predicted octanol–water partition coefficient (Wildman–Crippen LogP) is 9.07. The molecule has 0 unspecified atom stereocenters. The topological polar surface area (TPSA) is 108 Å². The summed E-state index contributed by atoms with van der Waals surface area (Å²) < 4.78 is 0. The molecule has 2 saturated heterocycles. The Balaban J connectivity index is 0.000000150. The second kappa shape index (κ2) is 17.6. The lowest BCUT2D eigenvalue weighted by Gasteiger charge is -2.44. The normalized spacial score (nSPS) is 20.8. The Hall–Kier alpha value is -3.68. The number of amides is 1. The van der Waals surface area contributed by atoms with Crippen molar-refractivity contribution in [2.75, 3.05) is 26.2 Å². The minimum atomic E-state index is -1.01. The van der Waals surface area contributed by atoms with Crippen LogP contribution in [0.1, 0.15) is 58.9 Å². The fourth-order valence-corrected chi connectivity index (χ4v) is 8.75. The number of fused-ring (bicyclic) bond motifs is 2. The smallest absolute Gasteiger partial charge is 0.337 e. The van der Waals surface area contributed by atoms with E-state index in [1.165, 1.54) is 10.4 Å². The van der Waals surface area contributed by atoms with E-state index in [1.54, 1.807) is 47.1 Å². The number of carbonyl (C=O) groups excluding carboxylic acids is 1. The van der Waals surface area contributed by atoms with Gasteiger partial charge in [-0.2, -0.15) is 11.3 Å². The number of H-pyrrole nitrogens is 2. The molecule has 4 N–H and O–H groups in total. The Labute approximate surface area is 328 Å². The van der Waals surface area contributed by atoms with Crippen molar-refractivity contribution in [2.24, 2.45) is 0 Å². The number of aromatic carboxylic acids is 1. The van der Waals surface area contributed by atoms with E-state index in [9.17, 15) is 9.59 Å². The van der Waals surface area contributed by atoms with Gasteiger partial charge in [0.15, 0.2) is 0 Å². The second-order valence-electron chi connectivity index (χ2n) is 14.0. The van der Waals surface area contributed by atoms with Gasteiger partial charge in [-0.1, -0.05) is 29.3 Å². The van der Waals surface area contributed by atoms with Gasteiger partial charge in [0.05, 0.1) is 21.2 Å². The van der Waals surface area contributed by atoms with Crippen molar-refractivity contribution in [1.82, 2.24) is 30.0 Å². The lowest BCUT2D eigenvalue weighted by atomic mass is 10.0. The minimum absolute atomic E-state index is 0.0215. The summed E-state index contributed by atoms with van der Waals surface area (Å²) >= 11 is 15.7. The van der Waals surface area contributed by atoms with Crippen LogP contribution in [-0.4, -0.2) is 92.0 Å². The average molecular weight is 794 g/mol. The largest absolute Gasteiger partial charge is 0.478 e. The molecule has 0 spiro atoms. The molecule has 9 nitrogen and oxygen atoms in total. The number of hydrogen-bond acceptors (Lipinski definition) is 7. The van der Waals surface area contributed by atoms with Gasteiger partial charge in [0, 0.05) is 103 Å². The van der Waals surface area contributed by atoms with Gasteiger partial charge in [-0.3, -0.25) is 14.6 Å². The van der Waals surface area contributed by atoms with E-state index in [-0.39, 0.29) is 22.5 Å². The quantitative estimate of drug-likeness (QED) is 0.134. The molecule has 0 saturated carbocycles. The number of benzene rings is 2. The van der Waals surface area contributed by atoms with Crippen molar-refractivity contribution in [2.45, 2.75) is 65.0 Å². The summed E-state index contributed by atoms with van der Waals surface area (Å²) in [6.07, 6.45) is 3.61. The number of carbonyl (C=O) groups is 2. The number of hydrogen-bond donors (Lipinski definition) is 4. The van der Waals surface area contributed by atoms with Gasteiger partial charge in [0.1, 0.15) is 0 Å². The van der Waals surface area contributed by atoms with Crippen molar-refractivity contribution >= 4 is 79.6 Å². The number of aromatic amines is 2. The highest BCUT2D eigenvalue weighted by Crippen LogP contribution is 2.28. The summed E-state index contributed by atoms with van der Waals surface area (Å²) in [7, 11) is 0. The number of aromatic nitrogens is 2. The molecule has 4 aromatic heterocycles. The molecule has 0 aliphatic carbocycles. The second-order valence-corrected chi connectivity index (χ2v) is 16.6. The number of rotatable bonds is 6. The van der Waals surface area contributed by atoms with E-state index >= 15 is 0 Å².